The molecule has 0 saturated carbocycles. The van der Waals surface area contributed by atoms with Crippen molar-refractivity contribution in [3.63, 3.8) is 0 Å². The fourth-order valence-corrected chi connectivity index (χ4v) is 2.99. The number of amides is 1. The standard InChI is InChI=1S/C13H17ClFNO4S/c1-4-20-7-8(2)16-13(17)11-5-10(15)6-12(9(11)3)21(14,18)19/h5-6,8H,4,7H2,1-3H3,(H,16,17). The highest BCUT2D eigenvalue weighted by Crippen LogP contribution is 2.24. The van der Waals surface area contributed by atoms with Gasteiger partial charge in [-0.2, -0.15) is 0 Å². The molecular weight excluding hydrogens is 321 g/mol. The minimum absolute atomic E-state index is 0.0717. The van der Waals surface area contributed by atoms with Crippen LogP contribution in [0.2, 0.25) is 0 Å². The van der Waals surface area contributed by atoms with Crippen LogP contribution in [0.3, 0.4) is 0 Å². The Kier molecular flexibility index (Phi) is 6.12. The molecule has 1 N–H and O–H groups in total. The Bertz CT molecular complexity index is 633. The molecule has 0 bridgehead atoms. The van der Waals surface area contributed by atoms with Crippen molar-refractivity contribution in [1.82, 2.24) is 5.32 Å². The first-order chi connectivity index (χ1) is 9.66. The van der Waals surface area contributed by atoms with Crippen molar-refractivity contribution in [3.8, 4) is 0 Å². The predicted octanol–water partition coefficient (Wildman–Crippen LogP) is 2.22. The smallest absolute Gasteiger partial charge is 0.261 e. The van der Waals surface area contributed by atoms with Crippen LogP contribution in [0, 0.1) is 12.7 Å². The van der Waals surface area contributed by atoms with Gasteiger partial charge in [0, 0.05) is 28.9 Å². The third-order valence-corrected chi connectivity index (χ3v) is 4.23. The third-order valence-electron chi connectivity index (χ3n) is 2.78. The Morgan fingerprint density at radius 3 is 2.62 bits per heavy atom. The summed E-state index contributed by atoms with van der Waals surface area (Å²) >= 11 is 0. The first kappa shape index (κ1) is 17.9. The van der Waals surface area contributed by atoms with Crippen LogP contribution in [0.1, 0.15) is 29.8 Å². The molecule has 0 fully saturated rings. The van der Waals surface area contributed by atoms with Gasteiger partial charge in [-0.3, -0.25) is 4.79 Å². The molecule has 0 spiro atoms. The van der Waals surface area contributed by atoms with Crippen LogP contribution in [0.15, 0.2) is 17.0 Å². The van der Waals surface area contributed by atoms with E-state index in [0.29, 0.717) is 13.2 Å². The van der Waals surface area contributed by atoms with Gasteiger partial charge < -0.3 is 10.1 Å². The Morgan fingerprint density at radius 2 is 2.10 bits per heavy atom. The second-order valence-electron chi connectivity index (χ2n) is 4.55. The average Bonchev–Trinajstić information content (AvgIpc) is 2.37. The summed E-state index contributed by atoms with van der Waals surface area (Å²) in [7, 11) is 1.11. The molecule has 0 heterocycles. The molecule has 0 radical (unpaired) electrons. The number of halogens is 2. The molecular formula is C13H17ClFNO4S. The zero-order chi connectivity index (χ0) is 16.2. The zero-order valence-corrected chi connectivity index (χ0v) is 13.5. The van der Waals surface area contributed by atoms with Crippen LogP contribution < -0.4 is 5.32 Å². The molecule has 21 heavy (non-hydrogen) atoms. The van der Waals surface area contributed by atoms with E-state index in [4.69, 9.17) is 15.4 Å². The number of ether oxygens (including phenoxy) is 1. The molecule has 8 heteroatoms. The van der Waals surface area contributed by atoms with Gasteiger partial charge in [-0.25, -0.2) is 12.8 Å². The quantitative estimate of drug-likeness (QED) is 0.808. The Balaban J connectivity index is 3.08. The molecule has 0 aliphatic rings. The highest BCUT2D eigenvalue weighted by atomic mass is 35.7. The van der Waals surface area contributed by atoms with Crippen LogP contribution >= 0.6 is 10.7 Å². The summed E-state index contributed by atoms with van der Waals surface area (Å²) in [4.78, 5) is 11.7. The lowest BCUT2D eigenvalue weighted by Gasteiger charge is -2.15. The maximum absolute atomic E-state index is 13.5. The van der Waals surface area contributed by atoms with Gasteiger partial charge in [0.05, 0.1) is 11.5 Å². The molecule has 1 unspecified atom stereocenters. The van der Waals surface area contributed by atoms with Crippen molar-refractivity contribution in [2.24, 2.45) is 0 Å². The maximum atomic E-state index is 13.5. The van der Waals surface area contributed by atoms with Crippen molar-refractivity contribution in [1.29, 1.82) is 0 Å². The fraction of sp³-hybridized carbons (Fsp3) is 0.462. The predicted molar refractivity (Wildman–Crippen MR) is 77.6 cm³/mol. The molecule has 1 amide bonds. The van der Waals surface area contributed by atoms with E-state index in [9.17, 15) is 17.6 Å². The number of nitrogens with one attached hydrogen (secondary N) is 1. The largest absolute Gasteiger partial charge is 0.380 e. The van der Waals surface area contributed by atoms with Gasteiger partial charge in [0.2, 0.25) is 0 Å². The molecule has 0 aromatic heterocycles. The van der Waals surface area contributed by atoms with Crippen LogP contribution in [-0.4, -0.2) is 33.6 Å². The van der Waals surface area contributed by atoms with Crippen LogP contribution in [0.5, 0.6) is 0 Å². The summed E-state index contributed by atoms with van der Waals surface area (Å²) in [6, 6.07) is 1.47. The summed E-state index contributed by atoms with van der Waals surface area (Å²) in [6.07, 6.45) is 0. The average molecular weight is 338 g/mol. The number of hydrogen-bond donors (Lipinski definition) is 1. The highest BCUT2D eigenvalue weighted by Gasteiger charge is 2.21. The van der Waals surface area contributed by atoms with Gasteiger partial charge in [0.25, 0.3) is 15.0 Å². The first-order valence-corrected chi connectivity index (χ1v) is 8.61. The number of carbonyl (C=O) groups is 1. The minimum Gasteiger partial charge on any atom is -0.380 e. The van der Waals surface area contributed by atoms with Crippen LogP contribution in [0.25, 0.3) is 0 Å². The lowest BCUT2D eigenvalue weighted by atomic mass is 10.1. The van der Waals surface area contributed by atoms with Crippen molar-refractivity contribution in [3.05, 3.63) is 29.1 Å². The van der Waals surface area contributed by atoms with Crippen LogP contribution in [-0.2, 0) is 13.8 Å². The summed E-state index contributed by atoms with van der Waals surface area (Å²) < 4.78 is 41.5. The molecule has 0 aliphatic heterocycles. The zero-order valence-electron chi connectivity index (χ0n) is 11.9. The molecule has 118 valence electrons. The first-order valence-electron chi connectivity index (χ1n) is 6.30. The van der Waals surface area contributed by atoms with E-state index in [1.807, 2.05) is 6.92 Å². The van der Waals surface area contributed by atoms with Crippen molar-refractivity contribution in [2.45, 2.75) is 31.7 Å². The van der Waals surface area contributed by atoms with Gasteiger partial charge in [-0.05, 0) is 38.5 Å². The number of rotatable bonds is 6. The number of carbonyl (C=O) groups excluding carboxylic acids is 1. The lowest BCUT2D eigenvalue weighted by molar-refractivity contribution is 0.0870. The van der Waals surface area contributed by atoms with E-state index >= 15 is 0 Å². The van der Waals surface area contributed by atoms with E-state index in [1.165, 1.54) is 6.92 Å². The van der Waals surface area contributed by atoms with E-state index in [1.54, 1.807) is 6.92 Å². The topological polar surface area (TPSA) is 72.5 Å². The van der Waals surface area contributed by atoms with Crippen LogP contribution in [0.4, 0.5) is 4.39 Å². The Labute approximate surface area is 127 Å². The molecule has 1 aromatic rings. The summed E-state index contributed by atoms with van der Waals surface area (Å²) in [5.41, 5.74) is 0.0325. The summed E-state index contributed by atoms with van der Waals surface area (Å²) in [6.45, 7) is 5.76. The highest BCUT2D eigenvalue weighted by molar-refractivity contribution is 8.13. The Morgan fingerprint density at radius 1 is 1.48 bits per heavy atom. The normalized spacial score (nSPS) is 13.0. The second kappa shape index (κ2) is 7.20. The van der Waals surface area contributed by atoms with E-state index in [2.05, 4.69) is 5.32 Å². The summed E-state index contributed by atoms with van der Waals surface area (Å²) in [5, 5.41) is 2.61. The number of benzene rings is 1. The van der Waals surface area contributed by atoms with Gasteiger partial charge in [-0.15, -0.1) is 0 Å². The fourth-order valence-electron chi connectivity index (χ4n) is 1.78. The van der Waals surface area contributed by atoms with E-state index < -0.39 is 25.7 Å². The van der Waals surface area contributed by atoms with E-state index in [0.717, 1.165) is 12.1 Å². The van der Waals surface area contributed by atoms with Gasteiger partial charge in [-0.1, -0.05) is 0 Å². The van der Waals surface area contributed by atoms with Crippen molar-refractivity contribution >= 4 is 25.6 Å². The van der Waals surface area contributed by atoms with Gasteiger partial charge >= 0.3 is 0 Å². The molecule has 1 aromatic carbocycles. The molecule has 0 saturated heterocycles. The maximum Gasteiger partial charge on any atom is 0.261 e. The monoisotopic (exact) mass is 337 g/mol. The second-order valence-corrected chi connectivity index (χ2v) is 7.08. The van der Waals surface area contributed by atoms with E-state index in [-0.39, 0.29) is 17.2 Å². The van der Waals surface area contributed by atoms with Crippen molar-refractivity contribution < 1.29 is 22.3 Å². The van der Waals surface area contributed by atoms with Gasteiger partial charge in [0.15, 0.2) is 0 Å². The minimum atomic E-state index is -4.13. The van der Waals surface area contributed by atoms with Gasteiger partial charge in [0.1, 0.15) is 5.82 Å². The lowest BCUT2D eigenvalue weighted by Crippen LogP contribution is -2.36. The molecule has 1 atom stereocenters. The third kappa shape index (κ3) is 4.94. The Hall–Kier alpha value is -1.18. The number of hydrogen-bond acceptors (Lipinski definition) is 4. The van der Waals surface area contributed by atoms with Crippen molar-refractivity contribution in [2.75, 3.05) is 13.2 Å². The molecule has 1 rings (SSSR count). The molecule has 0 aliphatic carbocycles. The summed E-state index contributed by atoms with van der Waals surface area (Å²) in [5.74, 6) is -1.43. The SMILES string of the molecule is CCOCC(C)NC(=O)c1cc(F)cc(S(=O)(=O)Cl)c1C. The molecule has 5 nitrogen and oxygen atoms in total.